The van der Waals surface area contributed by atoms with Crippen LogP contribution in [0.3, 0.4) is 0 Å². The lowest BCUT2D eigenvalue weighted by Gasteiger charge is -2.40. The largest absolute Gasteiger partial charge is 0.488 e. The zero-order chi connectivity index (χ0) is 35.0. The van der Waals surface area contributed by atoms with Crippen LogP contribution in [0.15, 0.2) is 103 Å². The topological polar surface area (TPSA) is 82.8 Å². The molecule has 0 aromatic heterocycles. The second-order valence-electron chi connectivity index (χ2n) is 13.8. The number of nitrogens with one attached hydrogen (secondary N) is 1. The lowest BCUT2D eigenvalue weighted by Crippen LogP contribution is -2.44. The second-order valence-corrected chi connectivity index (χ2v) is 18.5. The van der Waals surface area contributed by atoms with Crippen LogP contribution in [-0.4, -0.2) is 33.4 Å². The third-order valence-electron chi connectivity index (χ3n) is 8.85. The van der Waals surface area contributed by atoms with Gasteiger partial charge in [0.1, 0.15) is 18.1 Å². The Kier molecular flexibility index (Phi) is 12.2. The van der Waals surface area contributed by atoms with Crippen molar-refractivity contribution in [3.05, 3.63) is 131 Å². The minimum Gasteiger partial charge on any atom is -0.488 e. The van der Waals surface area contributed by atoms with Crippen molar-refractivity contribution in [2.45, 2.75) is 76.9 Å². The van der Waals surface area contributed by atoms with E-state index in [-0.39, 0.29) is 22.7 Å². The summed E-state index contributed by atoms with van der Waals surface area (Å²) < 4.78 is 47.4. The maximum absolute atomic E-state index is 14.5. The van der Waals surface area contributed by atoms with Crippen molar-refractivity contribution in [2.75, 3.05) is 13.2 Å². The maximum Gasteiger partial charge on any atom is 0.306 e. The maximum atomic E-state index is 14.5. The molecule has 0 bridgehead atoms. The molecule has 4 rings (SSSR count). The molecule has 0 fully saturated rings. The molecular formula is C39H48F2N2O4Si. The average molecular weight is 675 g/mol. The van der Waals surface area contributed by atoms with Gasteiger partial charge in [-0.25, -0.2) is 0 Å². The molecule has 9 heteroatoms. The number of halogens is 2. The van der Waals surface area contributed by atoms with Crippen molar-refractivity contribution in [3.63, 3.8) is 0 Å². The third kappa shape index (κ3) is 10.2. The van der Waals surface area contributed by atoms with Gasteiger partial charge in [-0.05, 0) is 72.4 Å². The first-order valence-electron chi connectivity index (χ1n) is 16.3. The number of nitrogens with two attached hydrogens (primary N) is 1. The van der Waals surface area contributed by atoms with Crippen LogP contribution in [0.5, 0.6) is 11.5 Å². The van der Waals surface area contributed by atoms with Gasteiger partial charge in [-0.2, -0.15) is 8.78 Å². The molecule has 6 nitrogen and oxygen atoms in total. The van der Waals surface area contributed by atoms with E-state index >= 15 is 0 Å². The molecule has 0 heterocycles. The zero-order valence-corrected chi connectivity index (χ0v) is 29.8. The lowest BCUT2D eigenvalue weighted by molar-refractivity contribution is -0.0467. The molecule has 3 N–H and O–H groups in total. The molecule has 4 aromatic rings. The molecule has 0 unspecified atom stereocenters. The Balaban J connectivity index is 1.42. The van der Waals surface area contributed by atoms with Crippen molar-refractivity contribution in [1.29, 1.82) is 0 Å². The number of carbonyl (C=O) groups is 1. The van der Waals surface area contributed by atoms with Crippen LogP contribution >= 0.6 is 0 Å². The summed E-state index contributed by atoms with van der Waals surface area (Å²) in [6.07, 6.45) is 0.364. The molecule has 0 spiro atoms. The predicted octanol–water partition coefficient (Wildman–Crippen LogP) is 8.82. The molecule has 0 radical (unpaired) electrons. The summed E-state index contributed by atoms with van der Waals surface area (Å²) in [5.74, 6) is -2.84. The minimum absolute atomic E-state index is 0.0308. The van der Waals surface area contributed by atoms with Crippen LogP contribution < -0.4 is 20.5 Å². The number of benzene rings is 4. The van der Waals surface area contributed by atoms with Gasteiger partial charge in [-0.3, -0.25) is 4.79 Å². The summed E-state index contributed by atoms with van der Waals surface area (Å²) in [6, 6.07) is 30.2. The Labute approximate surface area is 284 Å². The summed E-state index contributed by atoms with van der Waals surface area (Å²) >= 11 is 0. The highest BCUT2D eigenvalue weighted by molar-refractivity contribution is 6.74. The quantitative estimate of drug-likeness (QED) is 0.116. The van der Waals surface area contributed by atoms with Crippen molar-refractivity contribution in [2.24, 2.45) is 5.73 Å². The van der Waals surface area contributed by atoms with E-state index in [9.17, 15) is 13.6 Å². The van der Waals surface area contributed by atoms with E-state index in [0.29, 0.717) is 36.6 Å². The van der Waals surface area contributed by atoms with Gasteiger partial charge in [-0.1, -0.05) is 99.6 Å². The van der Waals surface area contributed by atoms with Crippen LogP contribution in [-0.2, 0) is 23.4 Å². The van der Waals surface area contributed by atoms with Gasteiger partial charge in [-0.15, -0.1) is 0 Å². The molecule has 0 saturated heterocycles. The number of ether oxygens (including phenoxy) is 2. The summed E-state index contributed by atoms with van der Waals surface area (Å²) in [6.45, 7) is 13.2. The number of hydrogen-bond donors (Lipinski definition) is 2. The average Bonchev–Trinajstić information content (AvgIpc) is 3.05. The summed E-state index contributed by atoms with van der Waals surface area (Å²) in [7, 11) is -2.22. The van der Waals surface area contributed by atoms with E-state index in [4.69, 9.17) is 19.6 Å². The van der Waals surface area contributed by atoms with Crippen LogP contribution in [0.1, 0.15) is 66.4 Å². The summed E-state index contributed by atoms with van der Waals surface area (Å²) in [5.41, 5.74) is 8.92. The summed E-state index contributed by atoms with van der Waals surface area (Å²) in [4.78, 5) is 12.5. The molecule has 256 valence electrons. The first kappa shape index (κ1) is 36.8. The minimum atomic E-state index is -3.09. The van der Waals surface area contributed by atoms with E-state index in [0.717, 1.165) is 16.7 Å². The SMILES string of the molecule is C[C@@H](Cc1ccc(OCC(F)(F)c2ccccc2)cc1)NC[C@@H](O[Si](C)(C)C(C)(C)C)c1ccc(OCc2ccccc2)c(C(N)=O)c1. The number of hydrogen-bond acceptors (Lipinski definition) is 5. The van der Waals surface area contributed by atoms with Crippen LogP contribution in [0.2, 0.25) is 18.1 Å². The molecule has 4 aromatic carbocycles. The molecule has 1 amide bonds. The number of rotatable bonds is 16. The highest BCUT2D eigenvalue weighted by Gasteiger charge is 2.39. The number of amides is 1. The first-order chi connectivity index (χ1) is 22.6. The number of primary amides is 1. The van der Waals surface area contributed by atoms with Crippen LogP contribution in [0.25, 0.3) is 0 Å². The van der Waals surface area contributed by atoms with Crippen LogP contribution in [0.4, 0.5) is 8.78 Å². The van der Waals surface area contributed by atoms with Gasteiger partial charge in [0.15, 0.2) is 14.9 Å². The zero-order valence-electron chi connectivity index (χ0n) is 28.8. The van der Waals surface area contributed by atoms with Gasteiger partial charge in [0.05, 0.1) is 11.7 Å². The van der Waals surface area contributed by atoms with Gasteiger partial charge in [0.2, 0.25) is 0 Å². The molecule has 0 aliphatic carbocycles. The van der Waals surface area contributed by atoms with E-state index in [1.165, 1.54) is 12.1 Å². The molecule has 0 saturated carbocycles. The number of carbonyl (C=O) groups excluding carboxylic acids is 1. The third-order valence-corrected chi connectivity index (χ3v) is 13.3. The fraction of sp³-hybridized carbons (Fsp3) is 0.359. The monoisotopic (exact) mass is 674 g/mol. The van der Waals surface area contributed by atoms with E-state index in [2.05, 4.69) is 46.1 Å². The van der Waals surface area contributed by atoms with Crippen LogP contribution in [0, 0.1) is 0 Å². The smallest absolute Gasteiger partial charge is 0.306 e. The Morgan fingerprint density at radius 1 is 0.854 bits per heavy atom. The highest BCUT2D eigenvalue weighted by Crippen LogP contribution is 2.40. The predicted molar refractivity (Wildman–Crippen MR) is 190 cm³/mol. The molecule has 2 atom stereocenters. The normalized spacial score (nSPS) is 13.5. The first-order valence-corrected chi connectivity index (χ1v) is 19.2. The van der Waals surface area contributed by atoms with E-state index in [1.807, 2.05) is 48.5 Å². The van der Waals surface area contributed by atoms with Crippen molar-refractivity contribution < 1.29 is 27.5 Å². The standard InChI is InChI=1S/C39H48F2N2O4Si/c1-28(23-29-17-20-33(21-18-29)46-27-39(40,41)32-15-11-8-12-16-32)43-25-36(47-48(5,6)38(2,3)4)31-19-22-35(34(24-31)37(42)44)45-26-30-13-9-7-10-14-30/h7-22,24,28,36,43H,23,25-27H2,1-6H3,(H2,42,44)/t28-,36+/m0/s1. The van der Waals surface area contributed by atoms with E-state index < -0.39 is 26.8 Å². The Morgan fingerprint density at radius 2 is 1.48 bits per heavy atom. The Bertz CT molecular complexity index is 1610. The van der Waals surface area contributed by atoms with Gasteiger partial charge >= 0.3 is 5.92 Å². The number of alkyl halides is 2. The highest BCUT2D eigenvalue weighted by atomic mass is 28.4. The Hall–Kier alpha value is -4.05. The van der Waals surface area contributed by atoms with Gasteiger partial charge in [0.25, 0.3) is 5.91 Å². The fourth-order valence-corrected chi connectivity index (χ4v) is 6.24. The van der Waals surface area contributed by atoms with Crippen molar-refractivity contribution in [3.8, 4) is 11.5 Å². The fourth-order valence-electron chi connectivity index (χ4n) is 4.96. The van der Waals surface area contributed by atoms with Crippen molar-refractivity contribution in [1.82, 2.24) is 5.32 Å². The molecule has 0 aliphatic rings. The van der Waals surface area contributed by atoms with Gasteiger partial charge < -0.3 is 25.0 Å². The molecule has 0 aliphatic heterocycles. The Morgan fingerprint density at radius 3 is 2.08 bits per heavy atom. The van der Waals surface area contributed by atoms with E-state index in [1.54, 1.807) is 42.5 Å². The summed E-state index contributed by atoms with van der Waals surface area (Å²) in [5, 5.41) is 3.58. The van der Waals surface area contributed by atoms with Gasteiger partial charge in [0, 0.05) is 18.2 Å². The second kappa shape index (κ2) is 15.9. The van der Waals surface area contributed by atoms with Crippen molar-refractivity contribution >= 4 is 14.2 Å². The molecular weight excluding hydrogens is 627 g/mol. The lowest BCUT2D eigenvalue weighted by atomic mass is 10.0. The molecule has 48 heavy (non-hydrogen) atoms.